The molecule has 22 heavy (non-hydrogen) atoms. The standard InChI is InChI=1S/3C5H10O2.Cr/c3*1-5(2,3)4(6)7;/h3*1-3H3,(H,6,7);/q;;;+3/p-3. The molecule has 0 fully saturated rings. The van der Waals surface area contributed by atoms with Crippen LogP contribution >= 0.6 is 0 Å². The summed E-state index contributed by atoms with van der Waals surface area (Å²) in [6, 6.07) is 0. The fourth-order valence-electron chi connectivity index (χ4n) is 0. The number of carbonyl (C=O) groups excluding carboxylic acids is 3. The van der Waals surface area contributed by atoms with Gasteiger partial charge in [-0.25, -0.2) is 0 Å². The monoisotopic (exact) mass is 355 g/mol. The van der Waals surface area contributed by atoms with E-state index in [1.807, 2.05) is 0 Å². The molecule has 0 saturated heterocycles. The first-order valence-electron chi connectivity index (χ1n) is 6.47. The first-order valence-corrected chi connectivity index (χ1v) is 6.47. The van der Waals surface area contributed by atoms with Crippen LogP contribution in [0.4, 0.5) is 0 Å². The molecule has 0 aliphatic rings. The van der Waals surface area contributed by atoms with E-state index < -0.39 is 34.2 Å². The number of carboxylic acids is 3. The minimum atomic E-state index is -1.01. The molecule has 0 saturated carbocycles. The molecule has 0 amide bonds. The maximum Gasteiger partial charge on any atom is 3.00 e. The van der Waals surface area contributed by atoms with Gasteiger partial charge in [0.25, 0.3) is 0 Å². The molecule has 0 aliphatic carbocycles. The van der Waals surface area contributed by atoms with Gasteiger partial charge < -0.3 is 29.7 Å². The molecule has 1 radical (unpaired) electrons. The molecule has 0 heterocycles. The van der Waals surface area contributed by atoms with Gasteiger partial charge in [-0.3, -0.25) is 0 Å². The quantitative estimate of drug-likeness (QED) is 0.569. The zero-order valence-electron chi connectivity index (χ0n) is 14.9. The summed E-state index contributed by atoms with van der Waals surface area (Å²) in [4.78, 5) is 29.7. The summed E-state index contributed by atoms with van der Waals surface area (Å²) in [5.41, 5.74) is -2.08. The Morgan fingerprint density at radius 1 is 0.500 bits per heavy atom. The molecule has 0 aromatic carbocycles. The largest absolute Gasteiger partial charge is 3.00 e. The average Bonchev–Trinajstić information content (AvgIpc) is 2.14. The molecule has 0 aliphatic heterocycles. The Kier molecular flexibility index (Phi) is 14.0. The Morgan fingerprint density at radius 2 is 0.545 bits per heavy atom. The number of hydrogen-bond acceptors (Lipinski definition) is 6. The van der Waals surface area contributed by atoms with Crippen molar-refractivity contribution in [1.82, 2.24) is 0 Å². The minimum Gasteiger partial charge on any atom is -0.550 e. The molecular weight excluding hydrogens is 328 g/mol. The van der Waals surface area contributed by atoms with Gasteiger partial charge in [0.1, 0.15) is 0 Å². The fourth-order valence-corrected chi connectivity index (χ4v) is 0. The van der Waals surface area contributed by atoms with Crippen LogP contribution in [0.25, 0.3) is 0 Å². The van der Waals surface area contributed by atoms with Crippen molar-refractivity contribution in [3.8, 4) is 0 Å². The maximum atomic E-state index is 9.91. The second-order valence-electron chi connectivity index (χ2n) is 7.61. The van der Waals surface area contributed by atoms with Gasteiger partial charge in [-0.2, -0.15) is 0 Å². The normalized spacial score (nSPS) is 10.8. The van der Waals surface area contributed by atoms with Crippen LogP contribution in [0.2, 0.25) is 0 Å². The van der Waals surface area contributed by atoms with Gasteiger partial charge in [0.2, 0.25) is 0 Å². The number of rotatable bonds is 0. The molecule has 0 N–H and O–H groups in total. The number of aliphatic carboxylic acids is 3. The summed E-state index contributed by atoms with van der Waals surface area (Å²) in [7, 11) is 0. The molecule has 0 bridgehead atoms. The molecule has 129 valence electrons. The van der Waals surface area contributed by atoms with Crippen molar-refractivity contribution in [2.75, 3.05) is 0 Å². The minimum absolute atomic E-state index is 0. The van der Waals surface area contributed by atoms with Crippen LogP contribution in [0.5, 0.6) is 0 Å². The van der Waals surface area contributed by atoms with E-state index in [1.54, 1.807) is 62.3 Å². The van der Waals surface area contributed by atoms with Gasteiger partial charge in [0, 0.05) is 34.2 Å². The Hall–Kier alpha value is -1.06. The summed E-state index contributed by atoms with van der Waals surface area (Å²) in [6.07, 6.45) is 0. The molecule has 0 rings (SSSR count). The molecule has 0 aromatic heterocycles. The van der Waals surface area contributed by atoms with Crippen molar-refractivity contribution >= 4 is 17.9 Å². The van der Waals surface area contributed by atoms with Crippen LogP contribution in [-0.4, -0.2) is 17.9 Å². The SMILES string of the molecule is CC(C)(C)C(=O)[O-].CC(C)(C)C(=O)[O-].CC(C)(C)C(=O)[O-].[Cr+3]. The van der Waals surface area contributed by atoms with E-state index in [1.165, 1.54) is 0 Å². The maximum absolute atomic E-state index is 9.91. The van der Waals surface area contributed by atoms with E-state index in [-0.39, 0.29) is 17.4 Å². The summed E-state index contributed by atoms with van der Waals surface area (Å²) in [6.45, 7) is 14.4. The van der Waals surface area contributed by atoms with Gasteiger partial charge in [0.05, 0.1) is 0 Å². The van der Waals surface area contributed by atoms with Crippen molar-refractivity contribution in [3.63, 3.8) is 0 Å². The van der Waals surface area contributed by atoms with Crippen molar-refractivity contribution in [3.05, 3.63) is 0 Å². The number of hydrogen-bond donors (Lipinski definition) is 0. The van der Waals surface area contributed by atoms with Crippen LogP contribution in [0.15, 0.2) is 0 Å². The third-order valence-corrected chi connectivity index (χ3v) is 1.84. The van der Waals surface area contributed by atoms with Crippen molar-refractivity contribution < 1.29 is 47.1 Å². The van der Waals surface area contributed by atoms with E-state index >= 15 is 0 Å². The summed E-state index contributed by atoms with van der Waals surface area (Å²) < 4.78 is 0. The summed E-state index contributed by atoms with van der Waals surface area (Å²) in [5, 5.41) is 29.7. The Morgan fingerprint density at radius 3 is 0.545 bits per heavy atom. The van der Waals surface area contributed by atoms with Crippen molar-refractivity contribution in [2.24, 2.45) is 16.2 Å². The fraction of sp³-hybridized carbons (Fsp3) is 0.800. The molecular formula is C15H27CrO6. The van der Waals surface area contributed by atoms with Gasteiger partial charge >= 0.3 is 17.4 Å². The Balaban J connectivity index is -0.000000108. The zero-order chi connectivity index (χ0) is 18.2. The topological polar surface area (TPSA) is 120 Å². The van der Waals surface area contributed by atoms with Gasteiger partial charge in [-0.1, -0.05) is 62.3 Å². The van der Waals surface area contributed by atoms with Crippen LogP contribution in [0, 0.1) is 16.2 Å². The smallest absolute Gasteiger partial charge is 0.550 e. The first kappa shape index (κ1) is 29.0. The van der Waals surface area contributed by atoms with Crippen LogP contribution in [0.1, 0.15) is 62.3 Å². The van der Waals surface area contributed by atoms with E-state index in [0.717, 1.165) is 0 Å². The van der Waals surface area contributed by atoms with Crippen LogP contribution in [0.3, 0.4) is 0 Å². The van der Waals surface area contributed by atoms with E-state index in [2.05, 4.69) is 0 Å². The molecule has 0 unspecified atom stereocenters. The second-order valence-corrected chi connectivity index (χ2v) is 7.61. The predicted octanol–water partition coefficient (Wildman–Crippen LogP) is -0.655. The third kappa shape index (κ3) is 21.2. The van der Waals surface area contributed by atoms with Crippen LogP contribution in [-0.2, 0) is 31.7 Å². The Bertz CT molecular complexity index is 299. The summed E-state index contributed by atoms with van der Waals surface area (Å²) >= 11 is 0. The van der Waals surface area contributed by atoms with Crippen LogP contribution < -0.4 is 15.3 Å². The molecule has 6 nitrogen and oxygen atoms in total. The van der Waals surface area contributed by atoms with Gasteiger partial charge in [-0.15, -0.1) is 0 Å². The molecule has 7 heteroatoms. The van der Waals surface area contributed by atoms with Crippen molar-refractivity contribution in [1.29, 1.82) is 0 Å². The van der Waals surface area contributed by atoms with Gasteiger partial charge in [0.15, 0.2) is 0 Å². The third-order valence-electron chi connectivity index (χ3n) is 1.84. The number of carbonyl (C=O) groups is 3. The first-order chi connectivity index (χ1) is 8.83. The van der Waals surface area contributed by atoms with Crippen molar-refractivity contribution in [2.45, 2.75) is 62.3 Å². The zero-order valence-corrected chi connectivity index (χ0v) is 16.1. The predicted molar refractivity (Wildman–Crippen MR) is 73.4 cm³/mol. The van der Waals surface area contributed by atoms with E-state index in [4.69, 9.17) is 0 Å². The Labute approximate surface area is 144 Å². The molecule has 0 spiro atoms. The molecule has 0 atom stereocenters. The molecule has 0 aromatic rings. The average molecular weight is 355 g/mol. The second kappa shape index (κ2) is 10.6. The van der Waals surface area contributed by atoms with Gasteiger partial charge in [-0.05, 0) is 0 Å². The van der Waals surface area contributed by atoms with E-state index in [9.17, 15) is 29.7 Å². The number of carboxylic acid groups (broad SMARTS) is 3. The summed E-state index contributed by atoms with van der Waals surface area (Å²) in [5.74, 6) is -3.02. The van der Waals surface area contributed by atoms with E-state index in [0.29, 0.717) is 0 Å².